The Bertz CT molecular complexity index is 600. The second kappa shape index (κ2) is 3.58. The average molecular weight is 248 g/mol. The highest BCUT2D eigenvalue weighted by Gasteiger charge is 2.50. The molecule has 3 rings (SSSR count). The van der Waals surface area contributed by atoms with E-state index in [-0.39, 0.29) is 11.2 Å². The van der Waals surface area contributed by atoms with E-state index in [2.05, 4.69) is 0 Å². The Morgan fingerprint density at radius 2 is 2.00 bits per heavy atom. The lowest BCUT2D eigenvalue weighted by molar-refractivity contribution is -0.0643. The molecule has 0 radical (unpaired) electrons. The molecule has 1 aromatic heterocycles. The summed E-state index contributed by atoms with van der Waals surface area (Å²) in [6, 6.07) is 6.19. The number of aliphatic hydroxyl groups is 1. The SMILES string of the molecule is CC1(C)CCCC1(O)c1cc2cc(F)ccc2o1. The van der Waals surface area contributed by atoms with Crippen LogP contribution in [-0.4, -0.2) is 5.11 Å². The van der Waals surface area contributed by atoms with Crippen LogP contribution < -0.4 is 0 Å². The third kappa shape index (κ3) is 1.50. The van der Waals surface area contributed by atoms with E-state index in [1.165, 1.54) is 12.1 Å². The van der Waals surface area contributed by atoms with Crippen molar-refractivity contribution in [3.8, 4) is 0 Å². The van der Waals surface area contributed by atoms with E-state index in [4.69, 9.17) is 4.42 Å². The predicted molar refractivity (Wildman–Crippen MR) is 67.7 cm³/mol. The summed E-state index contributed by atoms with van der Waals surface area (Å²) in [6.07, 6.45) is 2.64. The van der Waals surface area contributed by atoms with Crippen molar-refractivity contribution in [2.75, 3.05) is 0 Å². The summed E-state index contributed by atoms with van der Waals surface area (Å²) in [5.74, 6) is 0.276. The summed E-state index contributed by atoms with van der Waals surface area (Å²) in [7, 11) is 0. The van der Waals surface area contributed by atoms with Crippen molar-refractivity contribution in [3.05, 3.63) is 35.8 Å². The van der Waals surface area contributed by atoms with Crippen LogP contribution in [0.2, 0.25) is 0 Å². The molecule has 2 aromatic rings. The molecule has 0 aliphatic heterocycles. The van der Waals surface area contributed by atoms with Gasteiger partial charge in [0.15, 0.2) is 0 Å². The molecule has 1 aliphatic rings. The minimum atomic E-state index is -0.942. The molecule has 1 atom stereocenters. The van der Waals surface area contributed by atoms with Crippen molar-refractivity contribution >= 4 is 11.0 Å². The van der Waals surface area contributed by atoms with Gasteiger partial charge < -0.3 is 9.52 Å². The molecule has 1 aliphatic carbocycles. The van der Waals surface area contributed by atoms with E-state index >= 15 is 0 Å². The Morgan fingerprint density at radius 1 is 1.22 bits per heavy atom. The molecule has 18 heavy (non-hydrogen) atoms. The lowest BCUT2D eigenvalue weighted by Crippen LogP contribution is -2.36. The van der Waals surface area contributed by atoms with Gasteiger partial charge in [0.1, 0.15) is 22.8 Å². The maximum absolute atomic E-state index is 13.2. The fraction of sp³-hybridized carbons (Fsp3) is 0.467. The fourth-order valence-electron chi connectivity index (χ4n) is 3.01. The maximum Gasteiger partial charge on any atom is 0.137 e. The molecule has 96 valence electrons. The molecule has 3 heteroatoms. The van der Waals surface area contributed by atoms with Crippen LogP contribution in [0.5, 0.6) is 0 Å². The first-order valence-corrected chi connectivity index (χ1v) is 6.34. The molecular formula is C15H17FO2. The van der Waals surface area contributed by atoms with Crippen LogP contribution in [-0.2, 0) is 5.60 Å². The van der Waals surface area contributed by atoms with Crippen LogP contribution in [0.4, 0.5) is 4.39 Å². The zero-order valence-electron chi connectivity index (χ0n) is 10.7. The molecule has 0 amide bonds. The number of halogens is 1. The molecule has 1 unspecified atom stereocenters. The molecular weight excluding hydrogens is 231 g/mol. The van der Waals surface area contributed by atoms with Gasteiger partial charge in [0.25, 0.3) is 0 Å². The van der Waals surface area contributed by atoms with Gasteiger partial charge in [-0.05, 0) is 43.5 Å². The Hall–Kier alpha value is -1.35. The normalized spacial score (nSPS) is 26.9. The summed E-state index contributed by atoms with van der Waals surface area (Å²) >= 11 is 0. The minimum Gasteiger partial charge on any atom is -0.458 e. The van der Waals surface area contributed by atoms with Gasteiger partial charge in [0.2, 0.25) is 0 Å². The highest BCUT2D eigenvalue weighted by Crippen LogP contribution is 2.52. The first-order chi connectivity index (χ1) is 8.42. The van der Waals surface area contributed by atoms with E-state index in [0.29, 0.717) is 23.2 Å². The number of rotatable bonds is 1. The van der Waals surface area contributed by atoms with Crippen molar-refractivity contribution in [1.29, 1.82) is 0 Å². The van der Waals surface area contributed by atoms with E-state index in [0.717, 1.165) is 12.8 Å². The Kier molecular flexibility index (Phi) is 2.33. The number of fused-ring (bicyclic) bond motifs is 1. The molecule has 0 spiro atoms. The Morgan fingerprint density at radius 3 is 2.67 bits per heavy atom. The summed E-state index contributed by atoms with van der Waals surface area (Å²) in [4.78, 5) is 0. The predicted octanol–water partition coefficient (Wildman–Crippen LogP) is 3.97. The van der Waals surface area contributed by atoms with Crippen LogP contribution >= 0.6 is 0 Å². The first kappa shape index (κ1) is 11.7. The average Bonchev–Trinajstić information content (AvgIpc) is 2.81. The summed E-state index contributed by atoms with van der Waals surface area (Å²) in [6.45, 7) is 4.10. The molecule has 1 saturated carbocycles. The van der Waals surface area contributed by atoms with Crippen molar-refractivity contribution < 1.29 is 13.9 Å². The number of hydrogen-bond acceptors (Lipinski definition) is 2. The summed E-state index contributed by atoms with van der Waals surface area (Å²) in [5.41, 5.74) is -0.524. The van der Waals surface area contributed by atoms with Gasteiger partial charge in [-0.15, -0.1) is 0 Å². The summed E-state index contributed by atoms with van der Waals surface area (Å²) < 4.78 is 18.9. The minimum absolute atomic E-state index is 0.209. The van der Waals surface area contributed by atoms with E-state index in [1.807, 2.05) is 13.8 Å². The Labute approximate surface area is 105 Å². The van der Waals surface area contributed by atoms with Gasteiger partial charge in [-0.3, -0.25) is 0 Å². The second-order valence-corrected chi connectivity index (χ2v) is 5.89. The van der Waals surface area contributed by atoms with Crippen LogP contribution in [0.25, 0.3) is 11.0 Å². The maximum atomic E-state index is 13.2. The molecule has 1 heterocycles. The molecule has 1 fully saturated rings. The van der Waals surface area contributed by atoms with E-state index < -0.39 is 5.60 Å². The number of hydrogen-bond donors (Lipinski definition) is 1. The molecule has 2 nitrogen and oxygen atoms in total. The van der Waals surface area contributed by atoms with Gasteiger partial charge in [0.05, 0.1) is 0 Å². The van der Waals surface area contributed by atoms with Gasteiger partial charge in [-0.2, -0.15) is 0 Å². The van der Waals surface area contributed by atoms with Crippen LogP contribution in [0.1, 0.15) is 38.9 Å². The van der Waals surface area contributed by atoms with Crippen molar-refractivity contribution in [3.63, 3.8) is 0 Å². The van der Waals surface area contributed by atoms with Crippen molar-refractivity contribution in [2.45, 2.75) is 38.7 Å². The molecule has 0 saturated heterocycles. The topological polar surface area (TPSA) is 33.4 Å². The third-order valence-electron chi connectivity index (χ3n) is 4.35. The third-order valence-corrected chi connectivity index (χ3v) is 4.35. The first-order valence-electron chi connectivity index (χ1n) is 6.34. The smallest absolute Gasteiger partial charge is 0.137 e. The van der Waals surface area contributed by atoms with Gasteiger partial charge in [-0.25, -0.2) is 4.39 Å². The zero-order chi connectivity index (χ0) is 13.0. The van der Waals surface area contributed by atoms with Crippen LogP contribution in [0.3, 0.4) is 0 Å². The lowest BCUT2D eigenvalue weighted by Gasteiger charge is -2.34. The number of benzene rings is 1. The van der Waals surface area contributed by atoms with Crippen LogP contribution in [0, 0.1) is 11.2 Å². The van der Waals surface area contributed by atoms with Crippen LogP contribution in [0.15, 0.2) is 28.7 Å². The monoisotopic (exact) mass is 248 g/mol. The second-order valence-electron chi connectivity index (χ2n) is 5.89. The lowest BCUT2D eigenvalue weighted by atomic mass is 9.76. The van der Waals surface area contributed by atoms with Crippen molar-refractivity contribution in [1.82, 2.24) is 0 Å². The fourth-order valence-corrected chi connectivity index (χ4v) is 3.01. The molecule has 0 bridgehead atoms. The molecule has 1 N–H and O–H groups in total. The zero-order valence-corrected chi connectivity index (χ0v) is 10.7. The number of furan rings is 1. The van der Waals surface area contributed by atoms with E-state index in [9.17, 15) is 9.50 Å². The standard InChI is InChI=1S/C15H17FO2/c1-14(2)6-3-7-15(14,17)13-9-10-8-11(16)4-5-12(10)18-13/h4-5,8-9,17H,3,6-7H2,1-2H3. The molecule has 1 aromatic carbocycles. The van der Waals surface area contributed by atoms with Gasteiger partial charge in [0, 0.05) is 10.8 Å². The van der Waals surface area contributed by atoms with E-state index in [1.54, 1.807) is 12.1 Å². The highest BCUT2D eigenvalue weighted by atomic mass is 19.1. The van der Waals surface area contributed by atoms with Gasteiger partial charge >= 0.3 is 0 Å². The van der Waals surface area contributed by atoms with Gasteiger partial charge in [-0.1, -0.05) is 13.8 Å². The Balaban J connectivity index is 2.15. The van der Waals surface area contributed by atoms with Crippen molar-refractivity contribution in [2.24, 2.45) is 5.41 Å². The quantitative estimate of drug-likeness (QED) is 0.828. The highest BCUT2D eigenvalue weighted by molar-refractivity contribution is 5.78. The summed E-state index contributed by atoms with van der Waals surface area (Å²) in [5, 5.41) is 11.6. The largest absolute Gasteiger partial charge is 0.458 e.